The summed E-state index contributed by atoms with van der Waals surface area (Å²) >= 11 is 0. The molecule has 0 aliphatic carbocycles. The predicted octanol–water partition coefficient (Wildman–Crippen LogP) is 4.08. The fourth-order valence-corrected chi connectivity index (χ4v) is 3.22. The van der Waals surface area contributed by atoms with Gasteiger partial charge in [0.15, 0.2) is 15.5 Å². The Morgan fingerprint density at radius 3 is 2.32 bits per heavy atom. The minimum absolute atomic E-state index is 0.0596. The van der Waals surface area contributed by atoms with Gasteiger partial charge in [0.05, 0.1) is 23.4 Å². The first-order valence-electron chi connectivity index (χ1n) is 8.08. The summed E-state index contributed by atoms with van der Waals surface area (Å²) in [6.45, 7) is 1.39. The molecule has 0 aliphatic heterocycles. The van der Waals surface area contributed by atoms with Crippen molar-refractivity contribution < 1.29 is 26.0 Å². The van der Waals surface area contributed by atoms with Crippen molar-refractivity contribution in [3.05, 3.63) is 59.7 Å². The van der Waals surface area contributed by atoms with Gasteiger partial charge >= 0.3 is 6.18 Å². The first-order valence-corrected chi connectivity index (χ1v) is 9.97. The van der Waals surface area contributed by atoms with Crippen LogP contribution in [0.3, 0.4) is 0 Å². The van der Waals surface area contributed by atoms with Crippen LogP contribution in [0.15, 0.2) is 52.0 Å². The summed E-state index contributed by atoms with van der Waals surface area (Å²) < 4.78 is 68.7. The number of rotatable bonds is 5. The zero-order chi connectivity index (χ0) is 20.5. The SMILES string of the molecule is Cc1c(-c2ccc(S(C)(=O)=O)cc2)nc(NCc2ccco2)nc1C(F)(F)F. The number of sulfone groups is 1. The molecule has 0 saturated carbocycles. The maximum Gasteiger partial charge on any atom is 0.433 e. The summed E-state index contributed by atoms with van der Waals surface area (Å²) in [6, 6.07) is 8.81. The van der Waals surface area contributed by atoms with Crippen molar-refractivity contribution in [2.75, 3.05) is 11.6 Å². The van der Waals surface area contributed by atoms with Crippen molar-refractivity contribution in [3.8, 4) is 11.3 Å². The van der Waals surface area contributed by atoms with Crippen LogP contribution in [0.25, 0.3) is 11.3 Å². The molecule has 0 spiro atoms. The Balaban J connectivity index is 2.04. The Bertz CT molecular complexity index is 1080. The van der Waals surface area contributed by atoms with Gasteiger partial charge < -0.3 is 9.73 Å². The molecule has 3 rings (SSSR count). The molecule has 10 heteroatoms. The average molecular weight is 411 g/mol. The first-order chi connectivity index (χ1) is 13.1. The molecule has 0 unspecified atom stereocenters. The van der Waals surface area contributed by atoms with Gasteiger partial charge in [0.25, 0.3) is 0 Å². The smallest absolute Gasteiger partial charge is 0.433 e. The first kappa shape index (κ1) is 19.9. The van der Waals surface area contributed by atoms with E-state index in [0.29, 0.717) is 11.3 Å². The molecule has 0 bridgehead atoms. The summed E-state index contributed by atoms with van der Waals surface area (Å²) in [7, 11) is -3.42. The highest BCUT2D eigenvalue weighted by Crippen LogP contribution is 2.35. The van der Waals surface area contributed by atoms with Gasteiger partial charge in [-0.3, -0.25) is 0 Å². The molecule has 0 amide bonds. The van der Waals surface area contributed by atoms with E-state index in [2.05, 4.69) is 15.3 Å². The topological polar surface area (TPSA) is 85.1 Å². The van der Waals surface area contributed by atoms with E-state index < -0.39 is 21.7 Å². The molecule has 0 fully saturated rings. The molecular weight excluding hydrogens is 395 g/mol. The lowest BCUT2D eigenvalue weighted by atomic mass is 10.1. The van der Waals surface area contributed by atoms with Crippen LogP contribution in [-0.2, 0) is 22.6 Å². The van der Waals surface area contributed by atoms with Crippen LogP contribution >= 0.6 is 0 Å². The third-order valence-electron chi connectivity index (χ3n) is 3.97. The number of nitrogens with zero attached hydrogens (tertiary/aromatic N) is 2. The summed E-state index contributed by atoms with van der Waals surface area (Å²) in [5, 5.41) is 2.72. The van der Waals surface area contributed by atoms with Gasteiger partial charge in [-0.25, -0.2) is 18.4 Å². The van der Waals surface area contributed by atoms with E-state index in [1.165, 1.54) is 37.5 Å². The van der Waals surface area contributed by atoms with Crippen LogP contribution in [0.2, 0.25) is 0 Å². The van der Waals surface area contributed by atoms with E-state index >= 15 is 0 Å². The second-order valence-electron chi connectivity index (χ2n) is 6.10. The highest BCUT2D eigenvalue weighted by Gasteiger charge is 2.36. The van der Waals surface area contributed by atoms with Gasteiger partial charge in [0, 0.05) is 17.4 Å². The lowest BCUT2D eigenvalue weighted by molar-refractivity contribution is -0.141. The molecule has 3 aromatic rings. The fourth-order valence-electron chi connectivity index (χ4n) is 2.59. The molecule has 0 radical (unpaired) electrons. The van der Waals surface area contributed by atoms with E-state index in [9.17, 15) is 21.6 Å². The normalized spacial score (nSPS) is 12.2. The van der Waals surface area contributed by atoms with E-state index in [0.717, 1.165) is 6.26 Å². The zero-order valence-electron chi connectivity index (χ0n) is 14.9. The molecule has 2 heterocycles. The highest BCUT2D eigenvalue weighted by molar-refractivity contribution is 7.90. The second-order valence-corrected chi connectivity index (χ2v) is 8.11. The van der Waals surface area contributed by atoms with Gasteiger partial charge in [-0.15, -0.1) is 0 Å². The van der Waals surface area contributed by atoms with Gasteiger partial charge in [-0.1, -0.05) is 12.1 Å². The lowest BCUT2D eigenvalue weighted by Crippen LogP contribution is -2.15. The number of furan rings is 1. The van der Waals surface area contributed by atoms with E-state index in [1.54, 1.807) is 12.1 Å². The van der Waals surface area contributed by atoms with Crippen molar-refractivity contribution in [2.45, 2.75) is 24.5 Å². The van der Waals surface area contributed by atoms with Crippen LogP contribution in [0, 0.1) is 6.92 Å². The quantitative estimate of drug-likeness (QED) is 0.681. The molecule has 0 aliphatic rings. The number of hydrogen-bond donors (Lipinski definition) is 1. The van der Waals surface area contributed by atoms with Gasteiger partial charge in [-0.05, 0) is 31.2 Å². The number of nitrogens with one attached hydrogen (secondary N) is 1. The molecule has 28 heavy (non-hydrogen) atoms. The molecule has 2 aromatic heterocycles. The average Bonchev–Trinajstić information content (AvgIpc) is 3.13. The van der Waals surface area contributed by atoms with Gasteiger partial charge in [-0.2, -0.15) is 13.2 Å². The molecular formula is C18H16F3N3O3S. The number of anilines is 1. The third-order valence-corrected chi connectivity index (χ3v) is 5.10. The minimum atomic E-state index is -4.67. The van der Waals surface area contributed by atoms with Crippen LogP contribution in [0.4, 0.5) is 19.1 Å². The van der Waals surface area contributed by atoms with Crippen LogP contribution in [0.5, 0.6) is 0 Å². The Labute approximate surface area is 159 Å². The lowest BCUT2D eigenvalue weighted by Gasteiger charge is -2.15. The molecule has 6 nitrogen and oxygen atoms in total. The monoisotopic (exact) mass is 411 g/mol. The second kappa shape index (κ2) is 7.27. The van der Waals surface area contributed by atoms with Gasteiger partial charge in [0.1, 0.15) is 5.76 Å². The molecule has 0 saturated heterocycles. The number of benzene rings is 1. The van der Waals surface area contributed by atoms with Crippen LogP contribution in [0.1, 0.15) is 17.0 Å². The summed E-state index contributed by atoms with van der Waals surface area (Å²) in [6.07, 6.45) is -2.17. The number of alkyl halides is 3. The van der Waals surface area contributed by atoms with Crippen molar-refractivity contribution in [1.29, 1.82) is 0 Å². The van der Waals surface area contributed by atoms with Crippen LogP contribution < -0.4 is 5.32 Å². The Kier molecular flexibility index (Phi) is 5.16. The Morgan fingerprint density at radius 2 is 1.79 bits per heavy atom. The zero-order valence-corrected chi connectivity index (χ0v) is 15.7. The number of hydrogen-bond acceptors (Lipinski definition) is 6. The third kappa shape index (κ3) is 4.33. The van der Waals surface area contributed by atoms with E-state index in [-0.39, 0.29) is 28.6 Å². The molecule has 0 atom stereocenters. The standard InChI is InChI=1S/C18H16F3N3O3S/c1-11-15(12-5-7-14(8-6-12)28(2,25)26)23-17(24-16(11)18(19,20)21)22-10-13-4-3-9-27-13/h3-9H,10H2,1-2H3,(H,22,23,24). The summed E-state index contributed by atoms with van der Waals surface area (Å²) in [4.78, 5) is 7.86. The molecule has 1 N–H and O–H groups in total. The Hall–Kier alpha value is -2.88. The number of aromatic nitrogens is 2. The summed E-state index contributed by atoms with van der Waals surface area (Å²) in [5.74, 6) is 0.299. The van der Waals surface area contributed by atoms with Crippen molar-refractivity contribution >= 4 is 15.8 Å². The van der Waals surface area contributed by atoms with E-state index in [4.69, 9.17) is 4.42 Å². The molecule has 148 valence electrons. The fraction of sp³-hybridized carbons (Fsp3) is 0.222. The van der Waals surface area contributed by atoms with Crippen molar-refractivity contribution in [2.24, 2.45) is 0 Å². The van der Waals surface area contributed by atoms with Crippen molar-refractivity contribution in [1.82, 2.24) is 9.97 Å². The van der Waals surface area contributed by atoms with Crippen molar-refractivity contribution in [3.63, 3.8) is 0 Å². The minimum Gasteiger partial charge on any atom is -0.467 e. The number of halogens is 3. The molecule has 1 aromatic carbocycles. The maximum atomic E-state index is 13.4. The predicted molar refractivity (Wildman–Crippen MR) is 96.4 cm³/mol. The van der Waals surface area contributed by atoms with E-state index in [1.807, 2.05) is 0 Å². The highest BCUT2D eigenvalue weighted by atomic mass is 32.2. The van der Waals surface area contributed by atoms with Crippen LogP contribution in [-0.4, -0.2) is 24.6 Å². The largest absolute Gasteiger partial charge is 0.467 e. The Morgan fingerprint density at radius 1 is 1.11 bits per heavy atom. The summed E-state index contributed by atoms with van der Waals surface area (Å²) in [5.41, 5.74) is -0.807. The maximum absolute atomic E-state index is 13.4. The van der Waals surface area contributed by atoms with Gasteiger partial charge in [0.2, 0.25) is 5.95 Å².